The average molecular weight is 1170 g/mol. The lowest BCUT2D eigenvalue weighted by Crippen LogP contribution is -2.59. The minimum absolute atomic E-state index is 0.0246. The summed E-state index contributed by atoms with van der Waals surface area (Å²) >= 11 is 0. The molecule has 0 saturated carbocycles. The fourth-order valence-corrected chi connectivity index (χ4v) is 8.58. The van der Waals surface area contributed by atoms with Crippen LogP contribution < -0.4 is 100 Å². The van der Waals surface area contributed by atoms with Gasteiger partial charge in [0.05, 0.1) is 12.6 Å². The van der Waals surface area contributed by atoms with Crippen LogP contribution in [0.4, 0.5) is 0 Å². The maximum absolute atomic E-state index is 14.5. The van der Waals surface area contributed by atoms with E-state index in [-0.39, 0.29) is 133 Å². The maximum Gasteiger partial charge on any atom is 0.326 e. The van der Waals surface area contributed by atoms with Crippen molar-refractivity contribution in [1.29, 1.82) is 0 Å². The highest BCUT2D eigenvalue weighted by molar-refractivity contribution is 5.97. The summed E-state index contributed by atoms with van der Waals surface area (Å²) < 4.78 is 0. The van der Waals surface area contributed by atoms with Gasteiger partial charge in [-0.2, -0.15) is 0 Å². The molecule has 0 radical (unpaired) electrons. The average Bonchev–Trinajstić information content (AvgIpc) is 4.08. The number of nitrogens with zero attached hydrogens (tertiary/aromatic N) is 5. The highest BCUT2D eigenvalue weighted by atomic mass is 16.4. The van der Waals surface area contributed by atoms with Crippen LogP contribution in [0.3, 0.4) is 0 Å². The predicted molar refractivity (Wildman–Crippen MR) is 310 cm³/mol. The van der Waals surface area contributed by atoms with E-state index in [4.69, 9.17) is 63.1 Å². The van der Waals surface area contributed by atoms with Crippen molar-refractivity contribution < 1.29 is 48.3 Å². The summed E-state index contributed by atoms with van der Waals surface area (Å²) in [5, 5.41) is 28.2. The molecule has 33 nitrogen and oxygen atoms in total. The van der Waals surface area contributed by atoms with Crippen LogP contribution in [-0.2, 0) is 43.2 Å². The van der Waals surface area contributed by atoms with E-state index in [1.54, 1.807) is 13.8 Å². The van der Waals surface area contributed by atoms with Crippen LogP contribution in [0.25, 0.3) is 0 Å². The molecular formula is C49H95N23O10. The van der Waals surface area contributed by atoms with Crippen LogP contribution in [0.2, 0.25) is 0 Å². The Morgan fingerprint density at radius 2 is 0.890 bits per heavy atom. The van der Waals surface area contributed by atoms with Crippen molar-refractivity contribution in [3.63, 3.8) is 0 Å². The van der Waals surface area contributed by atoms with Crippen molar-refractivity contribution in [1.82, 2.24) is 42.1 Å². The van der Waals surface area contributed by atoms with Crippen molar-refractivity contribution in [2.45, 2.75) is 171 Å². The summed E-state index contributed by atoms with van der Waals surface area (Å²) in [7, 11) is 0. The number of aliphatic carboxylic acids is 1. The van der Waals surface area contributed by atoms with Gasteiger partial charge in [-0.3, -0.25) is 58.3 Å². The van der Waals surface area contributed by atoms with Crippen molar-refractivity contribution in [3.05, 3.63) is 0 Å². The molecule has 0 spiro atoms. The van der Waals surface area contributed by atoms with E-state index in [2.05, 4.69) is 57.2 Å². The van der Waals surface area contributed by atoms with Crippen molar-refractivity contribution in [3.8, 4) is 0 Å². The summed E-state index contributed by atoms with van der Waals surface area (Å²) in [6.07, 6.45) is 3.72. The molecule has 0 aromatic rings. The molecule has 82 heavy (non-hydrogen) atoms. The SMILES string of the molecule is CC(C)C[C@H](NC(=O)[C@H](CCCCN)NC(=O)[C@H](CCCN=C(N)N)NC(=O)[C@@H]1CCCN1C(=O)[C@H](CCCN=C(N)N)NC(=O)CNC(=O)[C@H](CCCN=C(N)N)NC(=O)[C@H](CCCCN)NC(=O)[C@@H](N)CCCN=C(N)N)C(=O)O. The monoisotopic (exact) mass is 1170 g/mol. The van der Waals surface area contributed by atoms with Crippen LogP contribution in [-0.4, -0.2) is 188 Å². The number of likely N-dealkylation sites (tertiary alicyclic amines) is 1. The quantitative estimate of drug-likeness (QED) is 0.0153. The number of hydrogen-bond donors (Lipinski definition) is 19. The van der Waals surface area contributed by atoms with Crippen molar-refractivity contribution >= 4 is 77.1 Å². The van der Waals surface area contributed by atoms with Gasteiger partial charge in [-0.1, -0.05) is 13.8 Å². The zero-order chi connectivity index (χ0) is 61.7. The molecule has 8 amide bonds. The standard InChI is InChI=1S/C49H95N23O10/c1-28(2)26-35(45(81)82)71-42(78)32(14-4-6-20-51)69-41(77)33(16-9-23-63-48(57)58)70-43(79)36-18-11-25-72(36)44(80)34(17-10-24-64-49(59)60)66-37(73)27-65-39(75)30(15-8-22-62-47(55)56)68-40(76)31(13-3-5-19-50)67-38(74)29(52)12-7-21-61-46(53)54/h28-36H,3-27,50-52H2,1-2H3,(H,65,75)(H,66,73)(H,67,74)(H,68,76)(H,69,77)(H,70,79)(H,71,78)(H,81,82)(H4,53,54,61)(H4,55,56,62)(H4,57,58,63)(H4,59,60,64)/t29-,30-,31-,32-,33-,34-,35-,36-/m0/s1. The summed E-state index contributed by atoms with van der Waals surface area (Å²) in [5.74, 6) is -8.01. The van der Waals surface area contributed by atoms with Gasteiger partial charge in [0, 0.05) is 32.7 Å². The van der Waals surface area contributed by atoms with E-state index in [1.165, 1.54) is 4.90 Å². The first-order chi connectivity index (χ1) is 38.8. The third kappa shape index (κ3) is 30.7. The van der Waals surface area contributed by atoms with E-state index >= 15 is 0 Å². The number of carboxylic acid groups (broad SMARTS) is 1. The molecule has 30 N–H and O–H groups in total. The molecule has 0 aromatic heterocycles. The molecule has 0 aromatic carbocycles. The van der Waals surface area contributed by atoms with Gasteiger partial charge in [-0.25, -0.2) is 4.79 Å². The highest BCUT2D eigenvalue weighted by Gasteiger charge is 2.40. The fourth-order valence-electron chi connectivity index (χ4n) is 8.58. The molecule has 1 rings (SSSR count). The molecule has 33 heteroatoms. The maximum atomic E-state index is 14.5. The summed E-state index contributed by atoms with van der Waals surface area (Å²) in [6, 6.07) is -9.64. The third-order valence-electron chi connectivity index (χ3n) is 12.8. The number of carbonyl (C=O) groups is 9. The predicted octanol–water partition coefficient (Wildman–Crippen LogP) is -7.07. The van der Waals surface area contributed by atoms with Gasteiger partial charge in [0.25, 0.3) is 0 Å². The molecule has 0 unspecified atom stereocenters. The number of guanidine groups is 4. The molecule has 0 bridgehead atoms. The van der Waals surface area contributed by atoms with Crippen LogP contribution in [0.5, 0.6) is 0 Å². The Labute approximate surface area is 478 Å². The van der Waals surface area contributed by atoms with E-state index in [1.807, 2.05) is 0 Å². The van der Waals surface area contributed by atoms with Gasteiger partial charge >= 0.3 is 5.97 Å². The van der Waals surface area contributed by atoms with Crippen LogP contribution >= 0.6 is 0 Å². The number of nitrogens with two attached hydrogens (primary N) is 11. The number of amides is 8. The molecule has 1 saturated heterocycles. The Morgan fingerprint density at radius 1 is 0.500 bits per heavy atom. The van der Waals surface area contributed by atoms with Crippen LogP contribution in [0.15, 0.2) is 20.0 Å². The molecule has 8 atom stereocenters. The Kier molecular flexibility index (Phi) is 35.6. The number of carbonyl (C=O) groups excluding carboxylic acids is 8. The van der Waals surface area contributed by atoms with Crippen LogP contribution in [0, 0.1) is 5.92 Å². The molecule has 1 aliphatic rings. The number of carboxylic acids is 1. The second kappa shape index (κ2) is 40.4. The normalized spacial score (nSPS) is 15.3. The Balaban J connectivity index is 3.45. The Hall–Kier alpha value is -7.81. The summed E-state index contributed by atoms with van der Waals surface area (Å²) in [5.41, 5.74) is 61.3. The molecular weight excluding hydrogens is 1070 g/mol. The first kappa shape index (κ1) is 72.2. The summed E-state index contributed by atoms with van der Waals surface area (Å²) in [6.45, 7) is 4.00. The van der Waals surface area contributed by atoms with Gasteiger partial charge in [-0.05, 0) is 128 Å². The second-order valence-corrected chi connectivity index (χ2v) is 20.3. The smallest absolute Gasteiger partial charge is 0.326 e. The lowest BCUT2D eigenvalue weighted by Gasteiger charge is -2.30. The molecule has 1 heterocycles. The number of aliphatic imine (C=N–C) groups is 4. The van der Waals surface area contributed by atoms with E-state index in [9.17, 15) is 48.3 Å². The minimum Gasteiger partial charge on any atom is -0.480 e. The van der Waals surface area contributed by atoms with Crippen molar-refractivity contribution in [2.24, 2.45) is 89.0 Å². The first-order valence-electron chi connectivity index (χ1n) is 27.8. The number of nitrogens with one attached hydrogen (secondary N) is 7. The van der Waals surface area contributed by atoms with E-state index in [0.29, 0.717) is 51.6 Å². The number of rotatable bonds is 42. The lowest BCUT2D eigenvalue weighted by atomic mass is 10.0. The van der Waals surface area contributed by atoms with Crippen LogP contribution in [0.1, 0.15) is 123 Å². The Bertz CT molecular complexity index is 2160. The second-order valence-electron chi connectivity index (χ2n) is 20.3. The lowest BCUT2D eigenvalue weighted by molar-refractivity contribution is -0.143. The molecule has 1 aliphatic heterocycles. The van der Waals surface area contributed by atoms with E-state index in [0.717, 1.165) is 0 Å². The molecule has 466 valence electrons. The largest absolute Gasteiger partial charge is 0.480 e. The highest BCUT2D eigenvalue weighted by Crippen LogP contribution is 2.21. The fraction of sp³-hybridized carbons (Fsp3) is 0.735. The number of hydrogen-bond acceptors (Lipinski definition) is 16. The number of unbranched alkanes of at least 4 members (excludes halogenated alkanes) is 2. The van der Waals surface area contributed by atoms with Gasteiger partial charge in [-0.15, -0.1) is 0 Å². The van der Waals surface area contributed by atoms with E-state index < -0.39 is 108 Å². The summed E-state index contributed by atoms with van der Waals surface area (Å²) in [4.78, 5) is 140. The molecule has 1 fully saturated rings. The minimum atomic E-state index is -1.30. The third-order valence-corrected chi connectivity index (χ3v) is 12.8. The van der Waals surface area contributed by atoms with Crippen molar-refractivity contribution in [2.75, 3.05) is 52.4 Å². The molecule has 0 aliphatic carbocycles. The Morgan fingerprint density at radius 3 is 1.32 bits per heavy atom. The topological polar surface area (TPSA) is 597 Å². The zero-order valence-electron chi connectivity index (χ0n) is 47.6. The first-order valence-corrected chi connectivity index (χ1v) is 27.8. The van der Waals surface area contributed by atoms with Gasteiger partial charge in [0.15, 0.2) is 23.8 Å². The van der Waals surface area contributed by atoms with Gasteiger partial charge in [0.2, 0.25) is 47.3 Å². The van der Waals surface area contributed by atoms with Gasteiger partial charge in [0.1, 0.15) is 42.3 Å². The van der Waals surface area contributed by atoms with Gasteiger partial charge < -0.3 is 110 Å². The zero-order valence-corrected chi connectivity index (χ0v) is 47.6.